The molecular formula is C7H15FO. The first-order chi connectivity index (χ1) is 4.35. The summed E-state index contributed by atoms with van der Waals surface area (Å²) in [5.41, 5.74) is 0. The second-order valence-corrected chi connectivity index (χ2v) is 2.15. The molecule has 9 heavy (non-hydrogen) atoms. The zero-order valence-electron chi connectivity index (χ0n) is 6.19. The zero-order valence-corrected chi connectivity index (χ0v) is 6.19. The molecule has 1 atom stereocenters. The first-order valence-electron chi connectivity index (χ1n) is 3.43. The van der Waals surface area contributed by atoms with Crippen molar-refractivity contribution in [3.05, 3.63) is 0 Å². The number of rotatable bonds is 5. The monoisotopic (exact) mass is 134 g/mol. The van der Waals surface area contributed by atoms with Gasteiger partial charge in [-0.3, -0.25) is 0 Å². The number of unbranched alkanes of at least 4 members (excludes halogenated alkanes) is 1. The van der Waals surface area contributed by atoms with Crippen LogP contribution in [0.3, 0.4) is 0 Å². The van der Waals surface area contributed by atoms with E-state index >= 15 is 0 Å². The average molecular weight is 134 g/mol. The van der Waals surface area contributed by atoms with E-state index in [1.807, 2.05) is 0 Å². The van der Waals surface area contributed by atoms with Gasteiger partial charge in [0.25, 0.3) is 0 Å². The van der Waals surface area contributed by atoms with Crippen molar-refractivity contribution >= 4 is 0 Å². The van der Waals surface area contributed by atoms with E-state index in [1.165, 1.54) is 0 Å². The van der Waals surface area contributed by atoms with Crippen LogP contribution in [0.25, 0.3) is 0 Å². The molecule has 0 rings (SSSR count). The first-order valence-corrected chi connectivity index (χ1v) is 3.43. The highest BCUT2D eigenvalue weighted by molar-refractivity contribution is 4.53. The van der Waals surface area contributed by atoms with E-state index in [4.69, 9.17) is 4.74 Å². The van der Waals surface area contributed by atoms with E-state index in [0.717, 1.165) is 19.3 Å². The van der Waals surface area contributed by atoms with Gasteiger partial charge in [-0.05, 0) is 6.42 Å². The maximum Gasteiger partial charge on any atom is 0.116 e. The third-order valence-corrected chi connectivity index (χ3v) is 1.39. The highest BCUT2D eigenvalue weighted by atomic mass is 19.1. The fourth-order valence-corrected chi connectivity index (χ4v) is 0.690. The van der Waals surface area contributed by atoms with Crippen molar-refractivity contribution < 1.29 is 9.13 Å². The standard InChI is InChI=1S/C7H15FO/c1-3-4-5-7(6-8)9-2/h7H,3-6H2,1-2H3. The highest BCUT2D eigenvalue weighted by Gasteiger charge is 2.03. The molecule has 0 spiro atoms. The topological polar surface area (TPSA) is 9.23 Å². The van der Waals surface area contributed by atoms with Crippen molar-refractivity contribution in [3.8, 4) is 0 Å². The van der Waals surface area contributed by atoms with Gasteiger partial charge < -0.3 is 4.74 Å². The summed E-state index contributed by atoms with van der Waals surface area (Å²) in [5, 5.41) is 0. The van der Waals surface area contributed by atoms with Gasteiger partial charge in [-0.15, -0.1) is 0 Å². The minimum atomic E-state index is -0.351. The molecule has 0 aliphatic heterocycles. The van der Waals surface area contributed by atoms with Crippen molar-refractivity contribution in [1.82, 2.24) is 0 Å². The second kappa shape index (κ2) is 6.02. The molecule has 1 nitrogen and oxygen atoms in total. The Hall–Kier alpha value is -0.110. The van der Waals surface area contributed by atoms with Crippen molar-refractivity contribution in [2.45, 2.75) is 32.3 Å². The van der Waals surface area contributed by atoms with Crippen LogP contribution in [0.2, 0.25) is 0 Å². The molecule has 0 bridgehead atoms. The van der Waals surface area contributed by atoms with Gasteiger partial charge in [0.2, 0.25) is 0 Å². The Morgan fingerprint density at radius 2 is 2.22 bits per heavy atom. The maximum atomic E-state index is 11.9. The first kappa shape index (κ1) is 8.89. The fraction of sp³-hybridized carbons (Fsp3) is 1.00. The number of hydrogen-bond acceptors (Lipinski definition) is 1. The van der Waals surface area contributed by atoms with E-state index in [-0.39, 0.29) is 12.8 Å². The van der Waals surface area contributed by atoms with E-state index in [0.29, 0.717) is 0 Å². The van der Waals surface area contributed by atoms with E-state index in [1.54, 1.807) is 7.11 Å². The van der Waals surface area contributed by atoms with Crippen LogP contribution < -0.4 is 0 Å². The van der Waals surface area contributed by atoms with Crippen molar-refractivity contribution in [2.75, 3.05) is 13.8 Å². The van der Waals surface area contributed by atoms with Gasteiger partial charge >= 0.3 is 0 Å². The molecule has 2 heteroatoms. The molecule has 0 saturated carbocycles. The van der Waals surface area contributed by atoms with Gasteiger partial charge in [0.15, 0.2) is 0 Å². The summed E-state index contributed by atoms with van der Waals surface area (Å²) in [5.74, 6) is 0. The predicted molar refractivity (Wildman–Crippen MR) is 36.3 cm³/mol. The Morgan fingerprint density at radius 1 is 1.56 bits per heavy atom. The summed E-state index contributed by atoms with van der Waals surface area (Å²) in [4.78, 5) is 0. The Balaban J connectivity index is 3.09. The minimum absolute atomic E-state index is 0.162. The Labute approximate surface area is 56.2 Å². The summed E-state index contributed by atoms with van der Waals surface area (Å²) >= 11 is 0. The molecule has 0 amide bonds. The van der Waals surface area contributed by atoms with E-state index < -0.39 is 0 Å². The van der Waals surface area contributed by atoms with Crippen molar-refractivity contribution in [2.24, 2.45) is 0 Å². The molecule has 56 valence electrons. The molecule has 0 N–H and O–H groups in total. The van der Waals surface area contributed by atoms with Crippen LogP contribution in [0.4, 0.5) is 4.39 Å². The summed E-state index contributed by atoms with van der Waals surface area (Å²) in [6.45, 7) is 1.74. The zero-order chi connectivity index (χ0) is 7.11. The normalized spacial score (nSPS) is 13.7. The summed E-state index contributed by atoms with van der Waals surface area (Å²) in [6.07, 6.45) is 2.86. The van der Waals surface area contributed by atoms with Crippen LogP contribution in [0.15, 0.2) is 0 Å². The van der Waals surface area contributed by atoms with Crippen molar-refractivity contribution in [3.63, 3.8) is 0 Å². The molecular weight excluding hydrogens is 119 g/mol. The second-order valence-electron chi connectivity index (χ2n) is 2.15. The predicted octanol–water partition coefficient (Wildman–Crippen LogP) is 2.16. The smallest absolute Gasteiger partial charge is 0.116 e. The number of hydrogen-bond donors (Lipinski definition) is 0. The van der Waals surface area contributed by atoms with E-state index in [9.17, 15) is 4.39 Å². The molecule has 0 aromatic rings. The summed E-state index contributed by atoms with van der Waals surface area (Å²) in [6, 6.07) is 0. The molecule has 0 saturated heterocycles. The third kappa shape index (κ3) is 4.40. The number of methoxy groups -OCH3 is 1. The van der Waals surface area contributed by atoms with Gasteiger partial charge in [0, 0.05) is 7.11 Å². The van der Waals surface area contributed by atoms with Crippen LogP contribution in [-0.2, 0) is 4.74 Å². The van der Waals surface area contributed by atoms with Gasteiger partial charge in [-0.1, -0.05) is 19.8 Å². The van der Waals surface area contributed by atoms with Crippen molar-refractivity contribution in [1.29, 1.82) is 0 Å². The number of ether oxygens (including phenoxy) is 1. The Morgan fingerprint density at radius 3 is 2.56 bits per heavy atom. The van der Waals surface area contributed by atoms with Crippen LogP contribution in [0, 0.1) is 0 Å². The van der Waals surface area contributed by atoms with Gasteiger partial charge in [-0.2, -0.15) is 0 Å². The minimum Gasteiger partial charge on any atom is -0.379 e. The Kier molecular flexibility index (Phi) is 5.94. The fourth-order valence-electron chi connectivity index (χ4n) is 0.690. The van der Waals surface area contributed by atoms with Crippen LogP contribution in [0.1, 0.15) is 26.2 Å². The van der Waals surface area contributed by atoms with Gasteiger partial charge in [-0.25, -0.2) is 4.39 Å². The lowest BCUT2D eigenvalue weighted by molar-refractivity contribution is 0.0709. The average Bonchev–Trinajstić information content (AvgIpc) is 1.91. The summed E-state index contributed by atoms with van der Waals surface area (Å²) in [7, 11) is 1.56. The number of halogens is 1. The van der Waals surface area contributed by atoms with Gasteiger partial charge in [0.05, 0.1) is 6.10 Å². The lowest BCUT2D eigenvalue weighted by Crippen LogP contribution is -2.12. The van der Waals surface area contributed by atoms with E-state index in [2.05, 4.69) is 6.92 Å². The molecule has 0 radical (unpaired) electrons. The number of alkyl halides is 1. The largest absolute Gasteiger partial charge is 0.379 e. The van der Waals surface area contributed by atoms with Crippen LogP contribution in [0.5, 0.6) is 0 Å². The molecule has 0 aliphatic rings. The lowest BCUT2D eigenvalue weighted by Gasteiger charge is -2.08. The Bertz CT molecular complexity index is 52.9. The SMILES string of the molecule is CCCCC(CF)OC. The third-order valence-electron chi connectivity index (χ3n) is 1.39. The van der Waals surface area contributed by atoms with Crippen LogP contribution in [-0.4, -0.2) is 19.9 Å². The van der Waals surface area contributed by atoms with Crippen LogP contribution >= 0.6 is 0 Å². The molecule has 0 aliphatic carbocycles. The molecule has 0 heterocycles. The quantitative estimate of drug-likeness (QED) is 0.560. The molecule has 1 unspecified atom stereocenters. The molecule has 0 aromatic heterocycles. The maximum absolute atomic E-state index is 11.9. The lowest BCUT2D eigenvalue weighted by atomic mass is 10.2. The summed E-state index contributed by atoms with van der Waals surface area (Å²) < 4.78 is 16.7. The highest BCUT2D eigenvalue weighted by Crippen LogP contribution is 2.03. The molecule has 0 aromatic carbocycles. The molecule has 0 fully saturated rings. The van der Waals surface area contributed by atoms with Gasteiger partial charge in [0.1, 0.15) is 6.67 Å².